The number of hydrogen-bond donors (Lipinski definition) is 1. The number of benzene rings is 1. The van der Waals surface area contributed by atoms with E-state index in [9.17, 15) is 4.79 Å². The van der Waals surface area contributed by atoms with Crippen LogP contribution in [0.2, 0.25) is 0 Å². The van der Waals surface area contributed by atoms with Gasteiger partial charge in [0.1, 0.15) is 5.75 Å². The molecule has 0 spiro atoms. The topological polar surface area (TPSA) is 64.7 Å². The van der Waals surface area contributed by atoms with Gasteiger partial charge in [0.15, 0.2) is 0 Å². The summed E-state index contributed by atoms with van der Waals surface area (Å²) in [6.07, 6.45) is 1.64. The molecule has 2 aliphatic heterocycles. The molecule has 1 aromatic heterocycles. The molecule has 1 amide bonds. The lowest BCUT2D eigenvalue weighted by atomic mass is 10.0. The summed E-state index contributed by atoms with van der Waals surface area (Å²) in [4.78, 5) is 20.0. The second kappa shape index (κ2) is 7.09. The molecular formula is C19H25N5O2. The average Bonchev–Trinajstić information content (AvgIpc) is 3.16. The van der Waals surface area contributed by atoms with E-state index in [1.165, 1.54) is 0 Å². The van der Waals surface area contributed by atoms with Crippen LogP contribution in [0.5, 0.6) is 5.75 Å². The van der Waals surface area contributed by atoms with Gasteiger partial charge in [0.05, 0.1) is 24.6 Å². The van der Waals surface area contributed by atoms with Gasteiger partial charge in [-0.15, -0.1) is 0 Å². The first kappa shape index (κ1) is 17.1. The minimum absolute atomic E-state index is 0.0458. The monoisotopic (exact) mass is 355 g/mol. The van der Waals surface area contributed by atoms with Gasteiger partial charge in [-0.05, 0) is 19.2 Å². The van der Waals surface area contributed by atoms with Crippen molar-refractivity contribution in [3.05, 3.63) is 36.0 Å². The van der Waals surface area contributed by atoms with Crippen molar-refractivity contribution in [3.63, 3.8) is 0 Å². The highest BCUT2D eigenvalue weighted by Crippen LogP contribution is 2.26. The number of aromatic amines is 1. The van der Waals surface area contributed by atoms with E-state index in [0.29, 0.717) is 11.6 Å². The molecule has 0 saturated carbocycles. The molecule has 2 aliphatic rings. The van der Waals surface area contributed by atoms with Crippen LogP contribution in [-0.2, 0) is 0 Å². The third-order valence-electron chi connectivity index (χ3n) is 5.41. The van der Waals surface area contributed by atoms with E-state index in [1.807, 2.05) is 29.2 Å². The number of carbonyl (C=O) groups excluding carboxylic acids is 1. The largest absolute Gasteiger partial charge is 0.497 e. The summed E-state index contributed by atoms with van der Waals surface area (Å²) in [7, 11) is 3.79. The number of nitrogens with one attached hydrogen (secondary N) is 1. The van der Waals surface area contributed by atoms with Gasteiger partial charge in [-0.1, -0.05) is 12.1 Å². The zero-order valence-corrected chi connectivity index (χ0v) is 15.3. The van der Waals surface area contributed by atoms with Gasteiger partial charge < -0.3 is 14.5 Å². The molecule has 7 heteroatoms. The molecule has 0 radical (unpaired) electrons. The van der Waals surface area contributed by atoms with Crippen molar-refractivity contribution in [2.24, 2.45) is 0 Å². The number of carbonyl (C=O) groups is 1. The zero-order valence-electron chi connectivity index (χ0n) is 15.3. The van der Waals surface area contributed by atoms with E-state index in [0.717, 1.165) is 56.3 Å². The Bertz CT molecular complexity index is 790. The summed E-state index contributed by atoms with van der Waals surface area (Å²) >= 11 is 0. The number of likely N-dealkylation sites (N-methyl/N-ethyl adjacent to an activating group) is 1. The zero-order chi connectivity index (χ0) is 18.1. The first-order valence-corrected chi connectivity index (χ1v) is 9.05. The number of amides is 1. The van der Waals surface area contributed by atoms with Gasteiger partial charge in [-0.2, -0.15) is 5.10 Å². The van der Waals surface area contributed by atoms with Gasteiger partial charge in [0.25, 0.3) is 5.91 Å². The Kier molecular flexibility index (Phi) is 4.65. The Morgan fingerprint density at radius 3 is 2.92 bits per heavy atom. The van der Waals surface area contributed by atoms with Crippen LogP contribution in [0.3, 0.4) is 0 Å². The van der Waals surface area contributed by atoms with Gasteiger partial charge in [0.2, 0.25) is 0 Å². The lowest BCUT2D eigenvalue weighted by Crippen LogP contribution is -2.62. The van der Waals surface area contributed by atoms with Crippen molar-refractivity contribution in [2.45, 2.75) is 6.04 Å². The molecule has 0 unspecified atom stereocenters. The van der Waals surface area contributed by atoms with Crippen molar-refractivity contribution >= 4 is 5.91 Å². The maximum atomic E-state index is 13.2. The van der Waals surface area contributed by atoms with E-state index >= 15 is 0 Å². The van der Waals surface area contributed by atoms with Crippen LogP contribution in [-0.4, -0.2) is 90.3 Å². The molecule has 2 saturated heterocycles. The highest BCUT2D eigenvalue weighted by molar-refractivity contribution is 5.99. The minimum atomic E-state index is 0.0458. The highest BCUT2D eigenvalue weighted by atomic mass is 16.5. The molecule has 2 aromatic rings. The van der Waals surface area contributed by atoms with Crippen LogP contribution in [0, 0.1) is 0 Å². The standard InChI is InChI=1S/C19H25N5O2/c1-22-6-7-23-8-9-24(13-15(23)12-22)19(25)17-11-20-21-18(17)14-4-3-5-16(10-14)26-2/h3-5,10-11,15H,6-9,12-13H2,1-2H3,(H,20,21)/t15-/m0/s1. The molecule has 2 fully saturated rings. The van der Waals surface area contributed by atoms with E-state index in [1.54, 1.807) is 13.3 Å². The molecule has 7 nitrogen and oxygen atoms in total. The molecule has 1 N–H and O–H groups in total. The number of piperazine rings is 2. The van der Waals surface area contributed by atoms with E-state index < -0.39 is 0 Å². The molecule has 1 aromatic carbocycles. The predicted molar refractivity (Wildman–Crippen MR) is 99.3 cm³/mol. The van der Waals surface area contributed by atoms with Crippen LogP contribution >= 0.6 is 0 Å². The number of fused-ring (bicyclic) bond motifs is 1. The van der Waals surface area contributed by atoms with Crippen LogP contribution < -0.4 is 4.74 Å². The number of nitrogens with zero attached hydrogens (tertiary/aromatic N) is 4. The fourth-order valence-corrected chi connectivity index (χ4v) is 3.91. The maximum Gasteiger partial charge on any atom is 0.257 e. The summed E-state index contributed by atoms with van der Waals surface area (Å²) in [5.41, 5.74) is 2.27. The summed E-state index contributed by atoms with van der Waals surface area (Å²) in [6.45, 7) is 5.68. The summed E-state index contributed by atoms with van der Waals surface area (Å²) in [5, 5.41) is 7.12. The number of aromatic nitrogens is 2. The molecular weight excluding hydrogens is 330 g/mol. The van der Waals surface area contributed by atoms with Crippen molar-refractivity contribution in [1.82, 2.24) is 24.9 Å². The maximum absolute atomic E-state index is 13.2. The smallest absolute Gasteiger partial charge is 0.257 e. The molecule has 1 atom stereocenters. The second-order valence-corrected chi connectivity index (χ2v) is 7.09. The summed E-state index contributed by atoms with van der Waals surface area (Å²) in [6, 6.07) is 8.10. The SMILES string of the molecule is COc1cccc(-c2[nH]ncc2C(=O)N2CCN3CCN(C)C[C@H]3C2)c1. The number of rotatable bonds is 3. The Hall–Kier alpha value is -2.38. The van der Waals surface area contributed by atoms with Crippen LogP contribution in [0.1, 0.15) is 10.4 Å². The van der Waals surface area contributed by atoms with Crippen LogP contribution in [0.4, 0.5) is 0 Å². The summed E-state index contributed by atoms with van der Waals surface area (Å²) in [5.74, 6) is 0.804. The third-order valence-corrected chi connectivity index (χ3v) is 5.41. The highest BCUT2D eigenvalue weighted by Gasteiger charge is 2.34. The molecule has 3 heterocycles. The van der Waals surface area contributed by atoms with E-state index in [2.05, 4.69) is 27.0 Å². The lowest BCUT2D eigenvalue weighted by molar-refractivity contribution is 0.0190. The van der Waals surface area contributed by atoms with Crippen molar-refractivity contribution < 1.29 is 9.53 Å². The van der Waals surface area contributed by atoms with E-state index in [-0.39, 0.29) is 5.91 Å². The second-order valence-electron chi connectivity index (χ2n) is 7.09. The normalized spacial score (nSPS) is 21.5. The minimum Gasteiger partial charge on any atom is -0.497 e. The van der Waals surface area contributed by atoms with Crippen molar-refractivity contribution in [2.75, 3.05) is 53.4 Å². The lowest BCUT2D eigenvalue weighted by Gasteiger charge is -2.46. The van der Waals surface area contributed by atoms with Gasteiger partial charge in [-0.25, -0.2) is 0 Å². The first-order chi connectivity index (χ1) is 12.7. The average molecular weight is 355 g/mol. The Labute approximate surface area is 153 Å². The molecule has 0 bridgehead atoms. The Morgan fingerprint density at radius 1 is 1.23 bits per heavy atom. The third kappa shape index (κ3) is 3.20. The number of hydrogen-bond acceptors (Lipinski definition) is 5. The van der Waals surface area contributed by atoms with Gasteiger partial charge in [-0.3, -0.25) is 14.8 Å². The number of methoxy groups -OCH3 is 1. The summed E-state index contributed by atoms with van der Waals surface area (Å²) < 4.78 is 5.30. The van der Waals surface area contributed by atoms with Crippen molar-refractivity contribution in [3.8, 4) is 17.0 Å². The van der Waals surface area contributed by atoms with E-state index in [4.69, 9.17) is 4.74 Å². The Morgan fingerprint density at radius 2 is 2.08 bits per heavy atom. The molecule has 0 aliphatic carbocycles. The molecule has 138 valence electrons. The van der Waals surface area contributed by atoms with Gasteiger partial charge in [0, 0.05) is 50.9 Å². The first-order valence-electron chi connectivity index (χ1n) is 9.05. The van der Waals surface area contributed by atoms with Crippen LogP contribution in [0.25, 0.3) is 11.3 Å². The Balaban J connectivity index is 1.55. The van der Waals surface area contributed by atoms with Gasteiger partial charge >= 0.3 is 0 Å². The van der Waals surface area contributed by atoms with Crippen molar-refractivity contribution in [1.29, 1.82) is 0 Å². The molecule has 26 heavy (non-hydrogen) atoms. The predicted octanol–water partition coefficient (Wildman–Crippen LogP) is 1.16. The quantitative estimate of drug-likeness (QED) is 0.895. The molecule has 4 rings (SSSR count). The van der Waals surface area contributed by atoms with Crippen LogP contribution in [0.15, 0.2) is 30.5 Å². The number of ether oxygens (including phenoxy) is 1. The fourth-order valence-electron chi connectivity index (χ4n) is 3.91. The fraction of sp³-hybridized carbons (Fsp3) is 0.474. The number of H-pyrrole nitrogens is 1.